The van der Waals surface area contributed by atoms with Crippen molar-refractivity contribution in [1.29, 1.82) is 0 Å². The molecule has 4 nitrogen and oxygen atoms in total. The molecule has 0 aliphatic heterocycles. The maximum absolute atomic E-state index is 11.8. The quantitative estimate of drug-likeness (QED) is 0.703. The van der Waals surface area contributed by atoms with E-state index in [-0.39, 0.29) is 5.75 Å². The molecule has 0 radical (unpaired) electrons. The summed E-state index contributed by atoms with van der Waals surface area (Å²) in [5.74, 6) is 0.511. The van der Waals surface area contributed by atoms with Crippen LogP contribution < -0.4 is 10.9 Å². The highest BCUT2D eigenvalue weighted by molar-refractivity contribution is 5.84. The van der Waals surface area contributed by atoms with Crippen LogP contribution in [0.15, 0.2) is 57.7 Å². The van der Waals surface area contributed by atoms with Crippen molar-refractivity contribution in [2.75, 3.05) is 6.54 Å². The maximum Gasteiger partial charge on any atom is 0.336 e. The Hall–Kier alpha value is -2.59. The molecule has 1 heterocycles. The second-order valence-corrected chi connectivity index (χ2v) is 6.12. The number of fused-ring (bicyclic) bond motifs is 1. The van der Waals surface area contributed by atoms with Crippen LogP contribution in [0.2, 0.25) is 0 Å². The molecule has 0 unspecified atom stereocenters. The van der Waals surface area contributed by atoms with E-state index in [1.54, 1.807) is 19.1 Å². The number of phenolic OH excluding ortho intramolecular Hbond substituents is 1. The zero-order valence-electron chi connectivity index (χ0n) is 13.9. The lowest BCUT2D eigenvalue weighted by atomic mass is 10.0. The van der Waals surface area contributed by atoms with Gasteiger partial charge in [0.1, 0.15) is 11.3 Å². The third kappa shape index (κ3) is 3.34. The monoisotopic (exact) mass is 323 g/mol. The summed E-state index contributed by atoms with van der Waals surface area (Å²) in [5, 5.41) is 14.1. The molecule has 4 heteroatoms. The third-order valence-corrected chi connectivity index (χ3v) is 4.35. The molecular weight excluding hydrogens is 302 g/mol. The minimum Gasteiger partial charge on any atom is -0.508 e. The summed E-state index contributed by atoms with van der Waals surface area (Å²) < 4.78 is 5.27. The Balaban J connectivity index is 1.78. The summed E-state index contributed by atoms with van der Waals surface area (Å²) in [6.07, 6.45) is 0. The number of hydrogen-bond acceptors (Lipinski definition) is 4. The minimum absolute atomic E-state index is 0.133. The van der Waals surface area contributed by atoms with Crippen LogP contribution in [0.5, 0.6) is 5.75 Å². The van der Waals surface area contributed by atoms with E-state index in [1.807, 2.05) is 18.2 Å². The summed E-state index contributed by atoms with van der Waals surface area (Å²) in [4.78, 5) is 11.8. The van der Waals surface area contributed by atoms with Crippen LogP contribution in [0.1, 0.15) is 29.5 Å². The first kappa shape index (κ1) is 16.3. The van der Waals surface area contributed by atoms with E-state index < -0.39 is 5.63 Å². The predicted molar refractivity (Wildman–Crippen MR) is 95.4 cm³/mol. The van der Waals surface area contributed by atoms with Gasteiger partial charge in [-0.15, -0.1) is 0 Å². The average Bonchev–Trinajstić information content (AvgIpc) is 2.59. The van der Waals surface area contributed by atoms with Crippen LogP contribution in [-0.2, 0) is 6.54 Å². The van der Waals surface area contributed by atoms with E-state index in [4.69, 9.17) is 4.42 Å². The smallest absolute Gasteiger partial charge is 0.336 e. The van der Waals surface area contributed by atoms with Crippen molar-refractivity contribution in [2.45, 2.75) is 26.3 Å². The zero-order valence-corrected chi connectivity index (χ0v) is 13.9. The van der Waals surface area contributed by atoms with E-state index in [0.29, 0.717) is 23.6 Å². The van der Waals surface area contributed by atoms with Gasteiger partial charge >= 0.3 is 5.63 Å². The molecule has 0 spiro atoms. The molecule has 0 aliphatic carbocycles. The Bertz CT molecular complexity index is 900. The van der Waals surface area contributed by atoms with Gasteiger partial charge in [0.25, 0.3) is 0 Å². The number of hydrogen-bond donors (Lipinski definition) is 2. The van der Waals surface area contributed by atoms with Crippen molar-refractivity contribution >= 4 is 11.0 Å². The SMILES string of the molecule is Cc1c(O)ccc2c(CNC[C@H](C)c3ccccc3)cc(=O)oc12. The number of nitrogens with one attached hydrogen (secondary N) is 1. The summed E-state index contributed by atoms with van der Waals surface area (Å²) in [7, 11) is 0. The van der Waals surface area contributed by atoms with E-state index in [9.17, 15) is 9.90 Å². The third-order valence-electron chi connectivity index (χ3n) is 4.35. The van der Waals surface area contributed by atoms with Gasteiger partial charge in [0.05, 0.1) is 0 Å². The highest BCUT2D eigenvalue weighted by Crippen LogP contribution is 2.27. The lowest BCUT2D eigenvalue weighted by molar-refractivity contribution is 0.468. The molecule has 0 aliphatic rings. The van der Waals surface area contributed by atoms with E-state index in [1.165, 1.54) is 11.6 Å². The maximum atomic E-state index is 11.8. The number of phenols is 1. The van der Waals surface area contributed by atoms with Gasteiger partial charge in [-0.1, -0.05) is 37.3 Å². The number of aromatic hydroxyl groups is 1. The van der Waals surface area contributed by atoms with Crippen LogP contribution in [0.25, 0.3) is 11.0 Å². The van der Waals surface area contributed by atoms with Gasteiger partial charge in [-0.3, -0.25) is 0 Å². The average molecular weight is 323 g/mol. The van der Waals surface area contributed by atoms with Crippen LogP contribution in [0, 0.1) is 6.92 Å². The predicted octanol–water partition coefficient (Wildman–Crippen LogP) is 3.70. The van der Waals surface area contributed by atoms with Crippen molar-refractivity contribution in [1.82, 2.24) is 5.32 Å². The molecule has 0 saturated carbocycles. The molecule has 3 aromatic rings. The molecule has 2 N–H and O–H groups in total. The minimum atomic E-state index is -0.399. The molecule has 2 aromatic carbocycles. The second-order valence-electron chi connectivity index (χ2n) is 6.12. The van der Waals surface area contributed by atoms with Gasteiger partial charge in [0.2, 0.25) is 0 Å². The van der Waals surface area contributed by atoms with Gasteiger partial charge in [-0.25, -0.2) is 4.79 Å². The van der Waals surface area contributed by atoms with Crippen LogP contribution in [-0.4, -0.2) is 11.7 Å². The van der Waals surface area contributed by atoms with Crippen LogP contribution in [0.4, 0.5) is 0 Å². The molecule has 3 rings (SSSR count). The molecule has 0 fully saturated rings. The zero-order chi connectivity index (χ0) is 17.1. The highest BCUT2D eigenvalue weighted by Gasteiger charge is 2.11. The molecule has 0 saturated heterocycles. The van der Waals surface area contributed by atoms with Crippen molar-refractivity contribution in [3.8, 4) is 5.75 Å². The Kier molecular flexibility index (Phi) is 4.67. The van der Waals surface area contributed by atoms with Crippen molar-refractivity contribution in [3.63, 3.8) is 0 Å². The lowest BCUT2D eigenvalue weighted by Crippen LogP contribution is -2.20. The van der Waals surface area contributed by atoms with Gasteiger partial charge < -0.3 is 14.8 Å². The molecular formula is C20H21NO3. The Labute approximate surface area is 140 Å². The fourth-order valence-corrected chi connectivity index (χ4v) is 2.88. The largest absolute Gasteiger partial charge is 0.508 e. The van der Waals surface area contributed by atoms with E-state index in [0.717, 1.165) is 17.5 Å². The van der Waals surface area contributed by atoms with Gasteiger partial charge in [-0.05, 0) is 36.1 Å². The van der Waals surface area contributed by atoms with Gasteiger partial charge in [0, 0.05) is 30.1 Å². The molecule has 1 aromatic heterocycles. The standard InChI is InChI=1S/C20H21NO3/c1-13(15-6-4-3-5-7-15)11-21-12-16-10-19(23)24-20-14(2)18(22)9-8-17(16)20/h3-10,13,21-22H,11-12H2,1-2H3/t13-/m0/s1. The van der Waals surface area contributed by atoms with E-state index in [2.05, 4.69) is 24.4 Å². The molecule has 1 atom stereocenters. The van der Waals surface area contributed by atoms with E-state index >= 15 is 0 Å². The number of rotatable bonds is 5. The van der Waals surface area contributed by atoms with Crippen LogP contribution >= 0.6 is 0 Å². The Morgan fingerprint density at radius 1 is 1.17 bits per heavy atom. The van der Waals surface area contributed by atoms with Gasteiger partial charge in [0.15, 0.2) is 0 Å². The number of benzene rings is 2. The molecule has 0 amide bonds. The topological polar surface area (TPSA) is 62.5 Å². The Morgan fingerprint density at radius 2 is 1.92 bits per heavy atom. The molecule has 0 bridgehead atoms. The summed E-state index contributed by atoms with van der Waals surface area (Å²) >= 11 is 0. The van der Waals surface area contributed by atoms with Gasteiger partial charge in [-0.2, -0.15) is 0 Å². The first-order valence-electron chi connectivity index (χ1n) is 8.07. The fraction of sp³-hybridized carbons (Fsp3) is 0.250. The van der Waals surface area contributed by atoms with Crippen molar-refractivity contribution < 1.29 is 9.52 Å². The van der Waals surface area contributed by atoms with Crippen LogP contribution in [0.3, 0.4) is 0 Å². The summed E-state index contributed by atoms with van der Waals surface area (Å²) in [6.45, 7) is 5.30. The first-order chi connectivity index (χ1) is 11.6. The fourth-order valence-electron chi connectivity index (χ4n) is 2.88. The number of aryl methyl sites for hydroxylation is 1. The molecule has 24 heavy (non-hydrogen) atoms. The van der Waals surface area contributed by atoms with Crippen molar-refractivity contribution in [3.05, 3.63) is 75.6 Å². The second kappa shape index (κ2) is 6.89. The Morgan fingerprint density at radius 3 is 2.67 bits per heavy atom. The summed E-state index contributed by atoms with van der Waals surface area (Å²) in [6, 6.07) is 15.3. The summed E-state index contributed by atoms with van der Waals surface area (Å²) in [5.41, 5.74) is 2.80. The normalized spacial score (nSPS) is 12.4. The lowest BCUT2D eigenvalue weighted by Gasteiger charge is -2.14. The highest BCUT2D eigenvalue weighted by atomic mass is 16.4. The molecule has 124 valence electrons. The first-order valence-corrected chi connectivity index (χ1v) is 8.07. The van der Waals surface area contributed by atoms with Crippen molar-refractivity contribution in [2.24, 2.45) is 0 Å².